The number of amides is 1. The van der Waals surface area contributed by atoms with Gasteiger partial charge in [-0.2, -0.15) is 0 Å². The number of hydrogen-bond donors (Lipinski definition) is 3. The van der Waals surface area contributed by atoms with Gasteiger partial charge in [-0.1, -0.05) is 33.3 Å². The van der Waals surface area contributed by atoms with E-state index in [-0.39, 0.29) is 44.4 Å². The monoisotopic (exact) mass is 496 g/mol. The molecule has 1 amide bonds. The molecule has 2 aromatic rings. The summed E-state index contributed by atoms with van der Waals surface area (Å²) in [5.74, 6) is -1.93. The molecule has 33 heavy (non-hydrogen) atoms. The van der Waals surface area contributed by atoms with Gasteiger partial charge in [-0.25, -0.2) is 23.6 Å². The summed E-state index contributed by atoms with van der Waals surface area (Å²) in [5.41, 5.74) is -0.229. The summed E-state index contributed by atoms with van der Waals surface area (Å²) in [7, 11) is -3.78. The van der Waals surface area contributed by atoms with Crippen molar-refractivity contribution in [3.63, 3.8) is 0 Å². The molecule has 8 nitrogen and oxygen atoms in total. The SMILES string of the molecule is [C-]#[N+]c1cc(C(C)C)c(CC(=O)N=S(N)(=O)c2sc(C(C)(C)O)nc2CO)c(C(C)C)c1F. The van der Waals surface area contributed by atoms with Gasteiger partial charge >= 0.3 is 0 Å². The third-order valence-electron chi connectivity index (χ3n) is 4.91. The van der Waals surface area contributed by atoms with Crippen LogP contribution in [0.15, 0.2) is 14.6 Å². The summed E-state index contributed by atoms with van der Waals surface area (Å²) in [6.45, 7) is 16.9. The Morgan fingerprint density at radius 3 is 2.42 bits per heavy atom. The van der Waals surface area contributed by atoms with Crippen molar-refractivity contribution in [1.82, 2.24) is 4.98 Å². The van der Waals surface area contributed by atoms with Crippen LogP contribution < -0.4 is 5.14 Å². The van der Waals surface area contributed by atoms with Gasteiger partial charge in [0.15, 0.2) is 9.92 Å². The Morgan fingerprint density at radius 2 is 1.97 bits per heavy atom. The largest absolute Gasteiger partial charge is 0.390 e. The Morgan fingerprint density at radius 1 is 1.36 bits per heavy atom. The van der Waals surface area contributed by atoms with E-state index in [9.17, 15) is 23.6 Å². The molecule has 0 aliphatic rings. The number of aromatic nitrogens is 1. The van der Waals surface area contributed by atoms with E-state index in [2.05, 4.69) is 14.2 Å². The van der Waals surface area contributed by atoms with Gasteiger partial charge in [0.2, 0.25) is 5.69 Å². The number of carbonyl (C=O) groups excluding carboxylic acids is 1. The highest BCUT2D eigenvalue weighted by atomic mass is 32.2. The first-order chi connectivity index (χ1) is 15.1. The second-order valence-corrected chi connectivity index (χ2v) is 11.8. The van der Waals surface area contributed by atoms with E-state index in [1.807, 2.05) is 13.8 Å². The average molecular weight is 497 g/mol. The number of nitrogens with two attached hydrogens (primary N) is 1. The fourth-order valence-corrected chi connectivity index (χ4v) is 5.96. The molecule has 0 aliphatic heterocycles. The number of aliphatic hydroxyl groups is 2. The minimum atomic E-state index is -3.78. The van der Waals surface area contributed by atoms with Gasteiger partial charge in [0.05, 0.1) is 25.3 Å². The van der Waals surface area contributed by atoms with Crippen molar-refractivity contribution in [2.45, 2.75) is 76.2 Å². The van der Waals surface area contributed by atoms with Crippen LogP contribution in [-0.4, -0.2) is 25.3 Å². The van der Waals surface area contributed by atoms with E-state index < -0.39 is 33.8 Å². The summed E-state index contributed by atoms with van der Waals surface area (Å²) in [6.07, 6.45) is -0.351. The number of benzene rings is 1. The quantitative estimate of drug-likeness (QED) is 0.493. The van der Waals surface area contributed by atoms with Crippen molar-refractivity contribution in [2.24, 2.45) is 9.50 Å². The van der Waals surface area contributed by atoms with Crippen molar-refractivity contribution in [2.75, 3.05) is 0 Å². The molecule has 1 aromatic carbocycles. The Balaban J connectivity index is 2.62. The minimum absolute atomic E-state index is 0.0284. The molecule has 1 heterocycles. The van der Waals surface area contributed by atoms with Crippen LogP contribution in [0.1, 0.15) is 80.8 Å². The standard InChI is InChI=1S/C22H29FN4O4S2/c1-11(2)13-8-15(25-7)19(23)18(12(3)4)14(13)9-17(29)27-33(24,31)20-16(10-28)26-21(32-20)22(5,6)30/h8,11-12,28,30H,9-10H2,1-6H3,(H2,24,27,29,31). The molecule has 0 spiro atoms. The van der Waals surface area contributed by atoms with Crippen LogP contribution in [0.4, 0.5) is 10.1 Å². The van der Waals surface area contributed by atoms with E-state index in [1.54, 1.807) is 13.8 Å². The molecular formula is C22H29FN4O4S2. The summed E-state index contributed by atoms with van der Waals surface area (Å²) >= 11 is 0.809. The van der Waals surface area contributed by atoms with Crippen LogP contribution in [0.2, 0.25) is 0 Å². The number of nitrogens with zero attached hydrogens (tertiary/aromatic N) is 3. The third kappa shape index (κ3) is 5.83. The second-order valence-electron chi connectivity index (χ2n) is 8.81. The van der Waals surface area contributed by atoms with Gasteiger partial charge in [-0.05, 0) is 42.9 Å². The molecule has 1 atom stereocenters. The normalized spacial score (nSPS) is 13.8. The summed E-state index contributed by atoms with van der Waals surface area (Å²) in [5, 5.41) is 25.8. The predicted molar refractivity (Wildman–Crippen MR) is 126 cm³/mol. The highest BCUT2D eigenvalue weighted by Gasteiger charge is 2.28. The minimum Gasteiger partial charge on any atom is -0.390 e. The first-order valence-corrected chi connectivity index (χ1v) is 12.7. The van der Waals surface area contributed by atoms with Gasteiger partial charge < -0.3 is 10.2 Å². The summed E-state index contributed by atoms with van der Waals surface area (Å²) in [6, 6.07) is 1.43. The van der Waals surface area contributed by atoms with Gasteiger partial charge in [-0.3, -0.25) is 4.79 Å². The van der Waals surface area contributed by atoms with E-state index in [0.29, 0.717) is 11.1 Å². The lowest BCUT2D eigenvalue weighted by atomic mass is 9.86. The van der Waals surface area contributed by atoms with Crippen molar-refractivity contribution >= 4 is 32.8 Å². The van der Waals surface area contributed by atoms with Crippen LogP contribution >= 0.6 is 11.3 Å². The molecule has 0 fully saturated rings. The van der Waals surface area contributed by atoms with Gasteiger partial charge in [0, 0.05) is 0 Å². The van der Waals surface area contributed by atoms with Crippen LogP contribution in [0, 0.1) is 12.4 Å². The van der Waals surface area contributed by atoms with Gasteiger partial charge in [0.25, 0.3) is 5.91 Å². The van der Waals surface area contributed by atoms with Gasteiger partial charge in [0.1, 0.15) is 20.6 Å². The maximum Gasteiger partial charge on any atom is 0.259 e. The Labute approximate surface area is 197 Å². The lowest BCUT2D eigenvalue weighted by molar-refractivity contribution is -0.117. The highest BCUT2D eigenvalue weighted by Crippen LogP contribution is 2.37. The Kier molecular flexibility index (Phi) is 8.14. The molecule has 2 rings (SSSR count). The topological polar surface area (TPSA) is 130 Å². The summed E-state index contributed by atoms with van der Waals surface area (Å²) < 4.78 is 31.8. The molecule has 1 aromatic heterocycles. The zero-order valence-electron chi connectivity index (χ0n) is 19.5. The van der Waals surface area contributed by atoms with E-state index in [1.165, 1.54) is 19.9 Å². The molecule has 0 radical (unpaired) electrons. The molecule has 11 heteroatoms. The number of rotatable bonds is 7. The zero-order chi connectivity index (χ0) is 25.3. The fourth-order valence-electron chi connectivity index (χ4n) is 3.42. The maximum atomic E-state index is 15.0. The molecule has 0 bridgehead atoms. The number of halogens is 1. The van der Waals surface area contributed by atoms with Crippen molar-refractivity contribution in [3.05, 3.63) is 50.7 Å². The maximum absolute atomic E-state index is 15.0. The van der Waals surface area contributed by atoms with Crippen LogP contribution in [0.5, 0.6) is 0 Å². The molecule has 180 valence electrons. The molecular weight excluding hydrogens is 467 g/mol. The smallest absolute Gasteiger partial charge is 0.259 e. The number of hydrogen-bond acceptors (Lipinski definition) is 6. The van der Waals surface area contributed by atoms with Crippen LogP contribution in [0.3, 0.4) is 0 Å². The number of thiazole rings is 1. The second kappa shape index (κ2) is 9.95. The van der Waals surface area contributed by atoms with E-state index in [4.69, 9.17) is 11.7 Å². The lowest BCUT2D eigenvalue weighted by Crippen LogP contribution is -2.17. The van der Waals surface area contributed by atoms with Crippen molar-refractivity contribution < 1.29 is 23.6 Å². The molecule has 0 aliphatic carbocycles. The van der Waals surface area contributed by atoms with Crippen molar-refractivity contribution in [1.29, 1.82) is 0 Å². The van der Waals surface area contributed by atoms with Gasteiger partial charge in [-0.15, -0.1) is 15.7 Å². The highest BCUT2D eigenvalue weighted by molar-refractivity contribution is 7.93. The molecule has 4 N–H and O–H groups in total. The predicted octanol–water partition coefficient (Wildman–Crippen LogP) is 4.27. The third-order valence-corrected chi connectivity index (χ3v) is 8.33. The number of aliphatic hydroxyl groups excluding tert-OH is 1. The molecule has 0 saturated carbocycles. The Hall–Kier alpha value is -2.23. The Bertz CT molecular complexity index is 1230. The first kappa shape index (κ1) is 27.0. The number of carbonyl (C=O) groups is 1. The van der Waals surface area contributed by atoms with Crippen LogP contribution in [0.25, 0.3) is 4.85 Å². The fraction of sp³-hybridized carbons (Fsp3) is 0.500. The molecule has 1 unspecified atom stereocenters. The lowest BCUT2D eigenvalue weighted by Gasteiger charge is -2.21. The van der Waals surface area contributed by atoms with Crippen molar-refractivity contribution in [3.8, 4) is 0 Å². The first-order valence-electron chi connectivity index (χ1n) is 10.3. The summed E-state index contributed by atoms with van der Waals surface area (Å²) in [4.78, 5) is 20.2. The zero-order valence-corrected chi connectivity index (χ0v) is 21.1. The van der Waals surface area contributed by atoms with Crippen LogP contribution in [-0.2, 0) is 33.3 Å². The van der Waals surface area contributed by atoms with E-state index >= 15 is 0 Å². The van der Waals surface area contributed by atoms with E-state index in [0.717, 1.165) is 11.3 Å². The average Bonchev–Trinajstić information content (AvgIpc) is 3.13. The molecule has 0 saturated heterocycles.